The number of alkyl halides is 2. The van der Waals surface area contributed by atoms with Crippen LogP contribution in [0.3, 0.4) is 0 Å². The van der Waals surface area contributed by atoms with Crippen molar-refractivity contribution in [3.8, 4) is 0 Å². The van der Waals surface area contributed by atoms with Crippen LogP contribution in [-0.2, 0) is 10.2 Å². The largest absolute Gasteiger partial charge is 0.400 e. The van der Waals surface area contributed by atoms with Crippen LogP contribution in [0.5, 0.6) is 0 Å². The highest BCUT2D eigenvalue weighted by Crippen LogP contribution is 2.62. The van der Waals surface area contributed by atoms with E-state index in [1.807, 2.05) is 36.4 Å². The molecular formula is C22H16BrF2N2O4PS. The Bertz CT molecular complexity index is 1320. The second-order valence-corrected chi connectivity index (χ2v) is 10.6. The first-order valence-electron chi connectivity index (χ1n) is 9.51. The molecule has 0 aliphatic carbocycles. The number of rotatable bonds is 6. The highest BCUT2D eigenvalue weighted by atomic mass is 79.9. The van der Waals surface area contributed by atoms with Crippen molar-refractivity contribution in [1.82, 2.24) is 10.3 Å². The third-order valence-electron chi connectivity index (χ3n) is 4.95. The molecule has 170 valence electrons. The minimum absolute atomic E-state index is 0.155. The molecule has 0 aliphatic rings. The highest BCUT2D eigenvalue weighted by Gasteiger charge is 2.53. The number of aromatic nitrogens is 1. The lowest BCUT2D eigenvalue weighted by atomic mass is 9.99. The fraction of sp³-hybridized carbons (Fsp3) is 0.0909. The summed E-state index contributed by atoms with van der Waals surface area (Å²) in [7, 11) is -5.73. The topological polar surface area (TPSA) is 99.5 Å². The zero-order chi connectivity index (χ0) is 23.8. The predicted molar refractivity (Wildman–Crippen MR) is 125 cm³/mol. The number of nitrogens with one attached hydrogen (secondary N) is 1. The monoisotopic (exact) mass is 552 g/mol. The first kappa shape index (κ1) is 23.7. The van der Waals surface area contributed by atoms with E-state index in [0.717, 1.165) is 11.1 Å². The van der Waals surface area contributed by atoms with E-state index in [0.29, 0.717) is 16.0 Å². The summed E-state index contributed by atoms with van der Waals surface area (Å²) in [6, 6.07) is 16.8. The van der Waals surface area contributed by atoms with Crippen LogP contribution in [0.1, 0.15) is 32.4 Å². The van der Waals surface area contributed by atoms with Gasteiger partial charge in [0.15, 0.2) is 0 Å². The molecule has 4 rings (SSSR count). The van der Waals surface area contributed by atoms with Crippen molar-refractivity contribution < 1.29 is 27.9 Å². The number of benzene rings is 2. The van der Waals surface area contributed by atoms with Crippen LogP contribution >= 0.6 is 34.9 Å². The zero-order valence-electron chi connectivity index (χ0n) is 16.7. The van der Waals surface area contributed by atoms with Crippen molar-refractivity contribution >= 4 is 50.9 Å². The number of halogens is 3. The Kier molecular flexibility index (Phi) is 6.48. The molecule has 33 heavy (non-hydrogen) atoms. The minimum atomic E-state index is -5.73. The average Bonchev–Trinajstić information content (AvgIpc) is 3.14. The van der Waals surface area contributed by atoms with Gasteiger partial charge in [-0.05, 0) is 51.3 Å². The molecular weight excluding hydrogens is 537 g/mol. The number of fused-ring (bicyclic) bond motifs is 1. The van der Waals surface area contributed by atoms with Crippen LogP contribution in [0.4, 0.5) is 8.78 Å². The Labute approximate surface area is 199 Å². The molecule has 0 fully saturated rings. The van der Waals surface area contributed by atoms with Gasteiger partial charge < -0.3 is 15.1 Å². The standard InChI is InChI=1S/C22H16BrF2N2O4PS/c23-18-16-11-14(8-9-17(16)33-20(18)22(24,25)32(29,30)31)21(28)27-19(13-5-2-1-3-6-13)15-7-4-10-26-12-15/h1-12,19H,(H,27,28)(H2,29,30,31). The minimum Gasteiger partial charge on any atom is -0.341 e. The SMILES string of the molecule is O=C(NC(c1ccccc1)c1cccnc1)c1ccc2sc(C(F)(F)P(=O)(O)O)c(Br)c2c1. The molecule has 0 saturated carbocycles. The highest BCUT2D eigenvalue weighted by molar-refractivity contribution is 9.10. The number of hydrogen-bond acceptors (Lipinski definition) is 4. The summed E-state index contributed by atoms with van der Waals surface area (Å²) >= 11 is 3.59. The van der Waals surface area contributed by atoms with Gasteiger partial charge in [0.25, 0.3) is 5.91 Å². The van der Waals surface area contributed by atoms with Gasteiger partial charge >= 0.3 is 13.3 Å². The molecule has 6 nitrogen and oxygen atoms in total. The van der Waals surface area contributed by atoms with Gasteiger partial charge in [0.2, 0.25) is 0 Å². The molecule has 0 radical (unpaired) electrons. The maximum absolute atomic E-state index is 14.3. The maximum atomic E-state index is 14.3. The fourth-order valence-corrected chi connectivity index (χ4v) is 6.22. The molecule has 2 aromatic carbocycles. The second kappa shape index (κ2) is 9.04. The third kappa shape index (κ3) is 4.62. The summed E-state index contributed by atoms with van der Waals surface area (Å²) in [5.41, 5.74) is -2.55. The number of amides is 1. The van der Waals surface area contributed by atoms with Crippen molar-refractivity contribution in [1.29, 1.82) is 0 Å². The van der Waals surface area contributed by atoms with E-state index in [4.69, 9.17) is 9.79 Å². The Morgan fingerprint density at radius 2 is 1.79 bits per heavy atom. The normalized spacial score (nSPS) is 13.1. The van der Waals surface area contributed by atoms with Gasteiger partial charge in [-0.2, -0.15) is 8.78 Å². The summed E-state index contributed by atoms with van der Waals surface area (Å²) in [6.07, 6.45) is 3.27. The summed E-state index contributed by atoms with van der Waals surface area (Å²) in [4.78, 5) is 34.6. The van der Waals surface area contributed by atoms with Gasteiger partial charge in [-0.25, -0.2) is 0 Å². The number of hydrogen-bond donors (Lipinski definition) is 3. The van der Waals surface area contributed by atoms with Gasteiger partial charge in [0.05, 0.1) is 6.04 Å². The van der Waals surface area contributed by atoms with E-state index in [1.165, 1.54) is 18.2 Å². The average molecular weight is 553 g/mol. The van der Waals surface area contributed by atoms with Crippen LogP contribution < -0.4 is 5.32 Å². The molecule has 1 unspecified atom stereocenters. The van der Waals surface area contributed by atoms with Gasteiger partial charge in [-0.15, -0.1) is 11.3 Å². The first-order chi connectivity index (χ1) is 15.6. The lowest BCUT2D eigenvalue weighted by molar-refractivity contribution is 0.0595. The number of pyridine rings is 1. The Morgan fingerprint density at radius 1 is 1.09 bits per heavy atom. The van der Waals surface area contributed by atoms with E-state index in [9.17, 15) is 18.1 Å². The van der Waals surface area contributed by atoms with Gasteiger partial charge in [-0.3, -0.25) is 14.3 Å². The summed E-state index contributed by atoms with van der Waals surface area (Å²) in [6.45, 7) is 0. The molecule has 2 aromatic heterocycles. The molecule has 0 bridgehead atoms. The Balaban J connectivity index is 1.70. The predicted octanol–water partition coefficient (Wildman–Crippen LogP) is 5.81. The lowest BCUT2D eigenvalue weighted by Crippen LogP contribution is -2.29. The molecule has 4 aromatic rings. The summed E-state index contributed by atoms with van der Waals surface area (Å²) in [5.74, 6) is -0.448. The van der Waals surface area contributed by atoms with Crippen LogP contribution in [0.15, 0.2) is 77.5 Å². The van der Waals surface area contributed by atoms with Crippen molar-refractivity contribution in [3.05, 3.63) is 99.1 Å². The number of thiophene rings is 1. The molecule has 0 saturated heterocycles. The smallest absolute Gasteiger partial charge is 0.341 e. The number of carbonyl (C=O) groups is 1. The van der Waals surface area contributed by atoms with Crippen molar-refractivity contribution in [3.63, 3.8) is 0 Å². The quantitative estimate of drug-likeness (QED) is 0.262. The second-order valence-electron chi connectivity index (χ2n) is 7.14. The maximum Gasteiger partial charge on any atom is 0.400 e. The van der Waals surface area contributed by atoms with Crippen LogP contribution in [0, 0.1) is 0 Å². The first-order valence-corrected chi connectivity index (χ1v) is 12.7. The fourth-order valence-electron chi connectivity index (χ4n) is 3.30. The lowest BCUT2D eigenvalue weighted by Gasteiger charge is -2.19. The molecule has 11 heteroatoms. The number of carbonyl (C=O) groups excluding carboxylic acids is 1. The van der Waals surface area contributed by atoms with Gasteiger partial charge in [-0.1, -0.05) is 36.4 Å². The van der Waals surface area contributed by atoms with Gasteiger partial charge in [0.1, 0.15) is 4.88 Å². The molecule has 1 amide bonds. The molecule has 2 heterocycles. The van der Waals surface area contributed by atoms with E-state index < -0.39 is 30.1 Å². The van der Waals surface area contributed by atoms with E-state index in [1.54, 1.807) is 18.5 Å². The Hall–Kier alpha value is -2.49. The number of nitrogens with zero attached hydrogens (tertiary/aromatic N) is 1. The molecule has 0 spiro atoms. The van der Waals surface area contributed by atoms with E-state index >= 15 is 0 Å². The van der Waals surface area contributed by atoms with Crippen LogP contribution in [0.2, 0.25) is 0 Å². The summed E-state index contributed by atoms with van der Waals surface area (Å²) < 4.78 is 40.1. The van der Waals surface area contributed by atoms with Crippen LogP contribution in [-0.4, -0.2) is 20.7 Å². The van der Waals surface area contributed by atoms with E-state index in [-0.39, 0.29) is 15.4 Å². The van der Waals surface area contributed by atoms with Crippen molar-refractivity contribution in [2.24, 2.45) is 0 Å². The van der Waals surface area contributed by atoms with E-state index in [2.05, 4.69) is 26.2 Å². The van der Waals surface area contributed by atoms with Crippen LogP contribution in [0.25, 0.3) is 10.1 Å². The van der Waals surface area contributed by atoms with Gasteiger partial charge in [0, 0.05) is 32.5 Å². The van der Waals surface area contributed by atoms with Crippen molar-refractivity contribution in [2.45, 2.75) is 11.7 Å². The molecule has 3 N–H and O–H groups in total. The molecule has 0 aliphatic heterocycles. The summed E-state index contributed by atoms with van der Waals surface area (Å²) in [5, 5.41) is 3.21. The van der Waals surface area contributed by atoms with Crippen molar-refractivity contribution in [2.75, 3.05) is 0 Å². The Morgan fingerprint density at radius 3 is 2.42 bits per heavy atom. The third-order valence-corrected chi connectivity index (χ3v) is 8.39. The molecule has 1 atom stereocenters. The zero-order valence-corrected chi connectivity index (χ0v) is 19.9.